The van der Waals surface area contributed by atoms with Crippen molar-refractivity contribution in [3.63, 3.8) is 0 Å². The molecule has 0 aliphatic carbocycles. The molecule has 1 aromatic heterocycles. The van der Waals surface area contributed by atoms with Crippen molar-refractivity contribution in [1.82, 2.24) is 9.97 Å². The number of rotatable bonds is 4. The molecule has 1 amide bonds. The molecule has 1 atom stereocenters. The summed E-state index contributed by atoms with van der Waals surface area (Å²) in [6.07, 6.45) is 2.38. The second-order valence-electron chi connectivity index (χ2n) is 6.51. The van der Waals surface area contributed by atoms with Gasteiger partial charge in [-0.1, -0.05) is 19.1 Å². The lowest BCUT2D eigenvalue weighted by molar-refractivity contribution is 0.102. The predicted molar refractivity (Wildman–Crippen MR) is 98.3 cm³/mol. The van der Waals surface area contributed by atoms with Crippen molar-refractivity contribution in [3.05, 3.63) is 41.9 Å². The average molecular weight is 340 g/mol. The highest BCUT2D eigenvalue weighted by Gasteiger charge is 2.20. The molecular formula is C19H24N4O2. The lowest BCUT2D eigenvalue weighted by Gasteiger charge is -2.32. The second kappa shape index (κ2) is 7.51. The summed E-state index contributed by atoms with van der Waals surface area (Å²) in [5, 5.41) is 2.87. The fourth-order valence-electron chi connectivity index (χ4n) is 3.16. The van der Waals surface area contributed by atoms with Crippen molar-refractivity contribution in [2.24, 2.45) is 5.92 Å². The Morgan fingerprint density at radius 2 is 2.12 bits per heavy atom. The second-order valence-corrected chi connectivity index (χ2v) is 6.51. The van der Waals surface area contributed by atoms with E-state index in [1.165, 1.54) is 6.42 Å². The number of benzene rings is 1. The number of methoxy groups -OCH3 is 1. The number of ether oxygens (including phenoxy) is 1. The number of carbonyl (C=O) groups excluding carboxylic acids is 1. The van der Waals surface area contributed by atoms with Crippen molar-refractivity contribution in [2.75, 3.05) is 30.4 Å². The number of piperidine rings is 1. The zero-order valence-corrected chi connectivity index (χ0v) is 15.0. The van der Waals surface area contributed by atoms with E-state index in [1.807, 2.05) is 19.1 Å². The van der Waals surface area contributed by atoms with E-state index in [-0.39, 0.29) is 5.91 Å². The number of aryl methyl sites for hydroxylation is 1. The van der Waals surface area contributed by atoms with Crippen molar-refractivity contribution in [3.8, 4) is 5.75 Å². The topological polar surface area (TPSA) is 67.3 Å². The minimum absolute atomic E-state index is 0.263. The average Bonchev–Trinajstić information content (AvgIpc) is 2.61. The van der Waals surface area contributed by atoms with E-state index in [1.54, 1.807) is 25.3 Å². The number of hydrogen-bond acceptors (Lipinski definition) is 5. The predicted octanol–water partition coefficient (Wildman–Crippen LogP) is 3.28. The largest absolute Gasteiger partial charge is 0.495 e. The van der Waals surface area contributed by atoms with E-state index >= 15 is 0 Å². The van der Waals surface area contributed by atoms with Gasteiger partial charge in [0.15, 0.2) is 0 Å². The molecule has 0 saturated carbocycles. The van der Waals surface area contributed by atoms with Gasteiger partial charge in [-0.25, -0.2) is 9.97 Å². The van der Waals surface area contributed by atoms with Crippen LogP contribution in [0.15, 0.2) is 30.3 Å². The van der Waals surface area contributed by atoms with Crippen molar-refractivity contribution < 1.29 is 9.53 Å². The minimum atomic E-state index is -0.263. The Morgan fingerprint density at radius 3 is 2.88 bits per heavy atom. The van der Waals surface area contributed by atoms with Gasteiger partial charge in [-0.15, -0.1) is 0 Å². The van der Waals surface area contributed by atoms with Crippen LogP contribution in [0.2, 0.25) is 0 Å². The molecule has 0 spiro atoms. The summed E-state index contributed by atoms with van der Waals surface area (Å²) in [7, 11) is 1.58. The molecule has 1 unspecified atom stereocenters. The third-order valence-electron chi connectivity index (χ3n) is 4.39. The van der Waals surface area contributed by atoms with E-state index < -0.39 is 0 Å². The van der Waals surface area contributed by atoms with E-state index in [0.717, 1.165) is 25.3 Å². The number of nitrogens with zero attached hydrogens (tertiary/aromatic N) is 3. The van der Waals surface area contributed by atoms with Gasteiger partial charge in [-0.05, 0) is 37.8 Å². The number of nitrogens with one attached hydrogen (secondary N) is 1. The van der Waals surface area contributed by atoms with Crippen LogP contribution in [0, 0.1) is 12.8 Å². The molecule has 3 rings (SSSR count). The van der Waals surface area contributed by atoms with Crippen LogP contribution < -0.4 is 15.0 Å². The first-order valence-electron chi connectivity index (χ1n) is 8.62. The highest BCUT2D eigenvalue weighted by Crippen LogP contribution is 2.25. The smallest absolute Gasteiger partial charge is 0.274 e. The first-order valence-corrected chi connectivity index (χ1v) is 8.62. The van der Waals surface area contributed by atoms with Crippen molar-refractivity contribution in [1.29, 1.82) is 0 Å². The first-order chi connectivity index (χ1) is 12.1. The van der Waals surface area contributed by atoms with Crippen LogP contribution in [0.5, 0.6) is 5.75 Å². The minimum Gasteiger partial charge on any atom is -0.495 e. The summed E-state index contributed by atoms with van der Waals surface area (Å²) < 4.78 is 5.28. The van der Waals surface area contributed by atoms with Gasteiger partial charge in [0, 0.05) is 19.2 Å². The highest BCUT2D eigenvalue weighted by molar-refractivity contribution is 6.04. The number of carbonyl (C=O) groups is 1. The molecule has 1 aromatic carbocycles. The fraction of sp³-hybridized carbons (Fsp3) is 0.421. The monoisotopic (exact) mass is 340 g/mol. The van der Waals surface area contributed by atoms with E-state index in [9.17, 15) is 4.79 Å². The summed E-state index contributed by atoms with van der Waals surface area (Å²) in [5.41, 5.74) is 0.992. The molecular weight excluding hydrogens is 316 g/mol. The van der Waals surface area contributed by atoms with Gasteiger partial charge in [0.25, 0.3) is 5.91 Å². The first kappa shape index (κ1) is 17.2. The Kier molecular flexibility index (Phi) is 5.16. The van der Waals surface area contributed by atoms with Crippen molar-refractivity contribution in [2.45, 2.75) is 26.7 Å². The van der Waals surface area contributed by atoms with E-state index in [0.29, 0.717) is 28.9 Å². The molecule has 1 saturated heterocycles. The molecule has 2 aromatic rings. The third-order valence-corrected chi connectivity index (χ3v) is 4.39. The van der Waals surface area contributed by atoms with Gasteiger partial charge >= 0.3 is 0 Å². The van der Waals surface area contributed by atoms with Crippen LogP contribution in [0.3, 0.4) is 0 Å². The quantitative estimate of drug-likeness (QED) is 0.925. The number of aromatic nitrogens is 2. The van der Waals surface area contributed by atoms with Crippen LogP contribution in [0.25, 0.3) is 0 Å². The molecule has 6 nitrogen and oxygen atoms in total. The summed E-state index contributed by atoms with van der Waals surface area (Å²) in [5.74, 6) is 2.41. The van der Waals surface area contributed by atoms with Crippen molar-refractivity contribution >= 4 is 17.4 Å². The number of anilines is 2. The van der Waals surface area contributed by atoms with E-state index in [4.69, 9.17) is 4.74 Å². The van der Waals surface area contributed by atoms with Crippen LogP contribution in [0.1, 0.15) is 36.1 Å². The van der Waals surface area contributed by atoms with Gasteiger partial charge in [-0.2, -0.15) is 0 Å². The molecule has 0 radical (unpaired) electrons. The summed E-state index contributed by atoms with van der Waals surface area (Å²) in [6, 6.07) is 9.10. The standard InChI is InChI=1S/C19H24N4O2/c1-13-7-6-10-23(12-13)18-11-16(20-14(2)21-18)19(24)22-15-8-4-5-9-17(15)25-3/h4-5,8-9,11,13H,6-7,10,12H2,1-3H3,(H,22,24). The molecule has 1 fully saturated rings. The van der Waals surface area contributed by atoms with Crippen LogP contribution in [-0.2, 0) is 0 Å². The zero-order valence-electron chi connectivity index (χ0n) is 15.0. The molecule has 1 aliphatic heterocycles. The van der Waals surface area contributed by atoms with Gasteiger partial charge in [0.1, 0.15) is 23.1 Å². The number of para-hydroxylation sites is 2. The Morgan fingerprint density at radius 1 is 1.32 bits per heavy atom. The Hall–Kier alpha value is -2.63. The van der Waals surface area contributed by atoms with Gasteiger partial charge in [0.05, 0.1) is 12.8 Å². The van der Waals surface area contributed by atoms with Crippen LogP contribution >= 0.6 is 0 Å². The Labute approximate surface area is 148 Å². The summed E-state index contributed by atoms with van der Waals surface area (Å²) in [4.78, 5) is 23.7. The molecule has 25 heavy (non-hydrogen) atoms. The Bertz CT molecular complexity index is 763. The maximum Gasteiger partial charge on any atom is 0.274 e. The summed E-state index contributed by atoms with van der Waals surface area (Å²) >= 11 is 0. The normalized spacial score (nSPS) is 17.2. The lowest BCUT2D eigenvalue weighted by atomic mass is 10.0. The number of hydrogen-bond donors (Lipinski definition) is 1. The molecule has 6 heteroatoms. The van der Waals surface area contributed by atoms with Crippen LogP contribution in [0.4, 0.5) is 11.5 Å². The van der Waals surface area contributed by atoms with Gasteiger partial charge in [0.2, 0.25) is 0 Å². The lowest BCUT2D eigenvalue weighted by Crippen LogP contribution is -2.35. The molecule has 0 bridgehead atoms. The summed E-state index contributed by atoms with van der Waals surface area (Å²) in [6.45, 7) is 5.99. The number of amides is 1. The molecule has 1 N–H and O–H groups in total. The van der Waals surface area contributed by atoms with Gasteiger partial charge in [-0.3, -0.25) is 4.79 Å². The zero-order chi connectivity index (χ0) is 17.8. The fourth-order valence-corrected chi connectivity index (χ4v) is 3.16. The molecule has 2 heterocycles. The Balaban J connectivity index is 1.83. The van der Waals surface area contributed by atoms with Crippen LogP contribution in [-0.4, -0.2) is 36.1 Å². The highest BCUT2D eigenvalue weighted by atomic mass is 16.5. The van der Waals surface area contributed by atoms with Gasteiger partial charge < -0.3 is 15.0 Å². The molecule has 132 valence electrons. The maximum atomic E-state index is 12.7. The maximum absolute atomic E-state index is 12.7. The SMILES string of the molecule is COc1ccccc1NC(=O)c1cc(N2CCCC(C)C2)nc(C)n1. The molecule has 1 aliphatic rings. The third kappa shape index (κ3) is 4.07. The van der Waals surface area contributed by atoms with E-state index in [2.05, 4.69) is 27.1 Å².